The zero-order valence-electron chi connectivity index (χ0n) is 17.1. The van der Waals surface area contributed by atoms with Gasteiger partial charge in [-0.15, -0.1) is 0 Å². The van der Waals surface area contributed by atoms with E-state index < -0.39 is 0 Å². The van der Waals surface area contributed by atoms with Crippen LogP contribution in [-0.4, -0.2) is 64.4 Å². The second kappa shape index (κ2) is 13.4. The summed E-state index contributed by atoms with van der Waals surface area (Å²) in [4.78, 5) is 6.73. The minimum atomic E-state index is 0.547. The molecule has 0 radical (unpaired) electrons. The summed E-state index contributed by atoms with van der Waals surface area (Å²) >= 11 is 0. The van der Waals surface area contributed by atoms with Gasteiger partial charge in [-0.3, -0.25) is 4.99 Å². The van der Waals surface area contributed by atoms with Crippen LogP contribution >= 0.6 is 0 Å². The van der Waals surface area contributed by atoms with Gasteiger partial charge in [0.05, 0.1) is 6.61 Å². The zero-order chi connectivity index (χ0) is 19.2. The predicted molar refractivity (Wildman–Crippen MR) is 109 cm³/mol. The molecular weight excluding hydrogens is 328 g/mol. The summed E-state index contributed by atoms with van der Waals surface area (Å²) in [6.45, 7) is 12.5. The van der Waals surface area contributed by atoms with Gasteiger partial charge in [0.1, 0.15) is 12.4 Å². The molecule has 1 rings (SSSR count). The Labute approximate surface area is 159 Å². The number of hydrogen-bond donors (Lipinski definition) is 2. The van der Waals surface area contributed by atoms with Gasteiger partial charge in [0.25, 0.3) is 0 Å². The third kappa shape index (κ3) is 8.54. The summed E-state index contributed by atoms with van der Waals surface area (Å²) in [7, 11) is 3.48. The molecule has 0 atom stereocenters. The highest BCUT2D eigenvalue weighted by Gasteiger charge is 2.06. The van der Waals surface area contributed by atoms with E-state index in [0.29, 0.717) is 19.8 Å². The van der Waals surface area contributed by atoms with Crippen molar-refractivity contribution in [3.8, 4) is 5.75 Å². The molecule has 0 fully saturated rings. The Morgan fingerprint density at radius 3 is 2.58 bits per heavy atom. The first-order valence-electron chi connectivity index (χ1n) is 9.52. The number of hydrogen-bond acceptors (Lipinski definition) is 4. The Balaban J connectivity index is 2.47. The third-order valence-corrected chi connectivity index (χ3v) is 4.28. The molecule has 1 aromatic rings. The zero-order valence-corrected chi connectivity index (χ0v) is 17.1. The van der Waals surface area contributed by atoms with E-state index in [4.69, 9.17) is 9.47 Å². The first-order valence-corrected chi connectivity index (χ1v) is 9.52. The van der Waals surface area contributed by atoms with E-state index in [9.17, 15) is 0 Å². The van der Waals surface area contributed by atoms with Crippen molar-refractivity contribution in [2.75, 3.05) is 53.6 Å². The van der Waals surface area contributed by atoms with Crippen molar-refractivity contribution in [1.82, 2.24) is 15.5 Å². The summed E-state index contributed by atoms with van der Waals surface area (Å²) in [5, 5.41) is 6.74. The normalized spacial score (nSPS) is 11.7. The molecule has 0 aliphatic heterocycles. The lowest BCUT2D eigenvalue weighted by Crippen LogP contribution is -2.38. The van der Waals surface area contributed by atoms with Crippen molar-refractivity contribution in [1.29, 1.82) is 0 Å². The molecule has 0 heterocycles. The van der Waals surface area contributed by atoms with Crippen LogP contribution in [0.25, 0.3) is 0 Å². The van der Waals surface area contributed by atoms with Gasteiger partial charge >= 0.3 is 0 Å². The van der Waals surface area contributed by atoms with Crippen LogP contribution in [0, 0.1) is 6.92 Å². The van der Waals surface area contributed by atoms with Gasteiger partial charge in [0.2, 0.25) is 0 Å². The fourth-order valence-corrected chi connectivity index (χ4v) is 2.63. The molecule has 6 heteroatoms. The Morgan fingerprint density at radius 2 is 1.92 bits per heavy atom. The van der Waals surface area contributed by atoms with Crippen LogP contribution in [0.2, 0.25) is 0 Å². The maximum absolute atomic E-state index is 5.84. The highest BCUT2D eigenvalue weighted by atomic mass is 16.5. The van der Waals surface area contributed by atoms with E-state index in [-0.39, 0.29) is 0 Å². The number of aliphatic imine (C=N–C) groups is 1. The molecular formula is C20H36N4O2. The lowest BCUT2D eigenvalue weighted by molar-refractivity contribution is 0.145. The number of ether oxygens (including phenoxy) is 2. The SMILES string of the molecule is CCN(CC)CCCNC(=NC)NCc1ccc(C)cc1OCCOC. The van der Waals surface area contributed by atoms with Gasteiger partial charge in [-0.05, 0) is 44.6 Å². The first kappa shape index (κ1) is 22.3. The quantitative estimate of drug-likeness (QED) is 0.339. The molecule has 0 saturated carbocycles. The Morgan fingerprint density at radius 1 is 1.15 bits per heavy atom. The van der Waals surface area contributed by atoms with Crippen molar-refractivity contribution in [2.24, 2.45) is 4.99 Å². The monoisotopic (exact) mass is 364 g/mol. The van der Waals surface area contributed by atoms with E-state index in [1.165, 1.54) is 5.56 Å². The first-order chi connectivity index (χ1) is 12.6. The molecule has 0 spiro atoms. The third-order valence-electron chi connectivity index (χ3n) is 4.28. The lowest BCUT2D eigenvalue weighted by Gasteiger charge is -2.19. The highest BCUT2D eigenvalue weighted by molar-refractivity contribution is 5.79. The molecule has 0 aliphatic carbocycles. The molecule has 0 bridgehead atoms. The van der Waals surface area contributed by atoms with Gasteiger partial charge < -0.3 is 25.0 Å². The van der Waals surface area contributed by atoms with Crippen molar-refractivity contribution < 1.29 is 9.47 Å². The molecule has 148 valence electrons. The van der Waals surface area contributed by atoms with Crippen LogP contribution in [0.1, 0.15) is 31.4 Å². The number of nitrogens with zero attached hydrogens (tertiary/aromatic N) is 2. The smallest absolute Gasteiger partial charge is 0.191 e. The lowest BCUT2D eigenvalue weighted by atomic mass is 10.1. The largest absolute Gasteiger partial charge is 0.491 e. The summed E-state index contributed by atoms with van der Waals surface area (Å²) in [5.74, 6) is 1.71. The summed E-state index contributed by atoms with van der Waals surface area (Å²) in [6, 6.07) is 6.26. The fourth-order valence-electron chi connectivity index (χ4n) is 2.63. The predicted octanol–water partition coefficient (Wildman–Crippen LogP) is 2.42. The average molecular weight is 365 g/mol. The van der Waals surface area contributed by atoms with Gasteiger partial charge in [-0.25, -0.2) is 0 Å². The second-order valence-corrected chi connectivity index (χ2v) is 6.19. The fraction of sp³-hybridized carbons (Fsp3) is 0.650. The van der Waals surface area contributed by atoms with Gasteiger partial charge in [0.15, 0.2) is 5.96 Å². The molecule has 2 N–H and O–H groups in total. The van der Waals surface area contributed by atoms with Crippen LogP contribution < -0.4 is 15.4 Å². The van der Waals surface area contributed by atoms with Crippen LogP contribution in [0.4, 0.5) is 0 Å². The summed E-state index contributed by atoms with van der Waals surface area (Å²) in [5.41, 5.74) is 2.29. The molecule has 1 aromatic carbocycles. The summed E-state index contributed by atoms with van der Waals surface area (Å²) < 4.78 is 10.9. The molecule has 0 aromatic heterocycles. The maximum atomic E-state index is 5.84. The minimum absolute atomic E-state index is 0.547. The number of benzene rings is 1. The highest BCUT2D eigenvalue weighted by Crippen LogP contribution is 2.20. The van der Waals surface area contributed by atoms with E-state index in [1.807, 2.05) is 0 Å². The molecule has 0 unspecified atom stereocenters. The second-order valence-electron chi connectivity index (χ2n) is 6.19. The topological polar surface area (TPSA) is 58.1 Å². The molecule has 0 amide bonds. The van der Waals surface area contributed by atoms with Crippen molar-refractivity contribution in [3.05, 3.63) is 29.3 Å². The van der Waals surface area contributed by atoms with E-state index in [1.54, 1.807) is 14.2 Å². The van der Waals surface area contributed by atoms with Gasteiger partial charge in [-0.1, -0.05) is 26.0 Å². The number of methoxy groups -OCH3 is 1. The van der Waals surface area contributed by atoms with Crippen molar-refractivity contribution in [2.45, 2.75) is 33.7 Å². The molecule has 26 heavy (non-hydrogen) atoms. The van der Waals surface area contributed by atoms with Crippen molar-refractivity contribution in [3.63, 3.8) is 0 Å². The molecule has 0 aliphatic rings. The van der Waals surface area contributed by atoms with Crippen LogP contribution in [0.15, 0.2) is 23.2 Å². The van der Waals surface area contributed by atoms with Crippen LogP contribution in [0.5, 0.6) is 5.75 Å². The molecule has 6 nitrogen and oxygen atoms in total. The average Bonchev–Trinajstić information content (AvgIpc) is 2.65. The number of rotatable bonds is 12. The van der Waals surface area contributed by atoms with E-state index in [2.05, 4.69) is 59.5 Å². The minimum Gasteiger partial charge on any atom is -0.491 e. The Hall–Kier alpha value is -1.79. The summed E-state index contributed by atoms with van der Waals surface area (Å²) in [6.07, 6.45) is 1.10. The van der Waals surface area contributed by atoms with Crippen LogP contribution in [0.3, 0.4) is 0 Å². The van der Waals surface area contributed by atoms with Gasteiger partial charge in [-0.2, -0.15) is 0 Å². The van der Waals surface area contributed by atoms with E-state index in [0.717, 1.165) is 49.9 Å². The molecule has 0 saturated heterocycles. The maximum Gasteiger partial charge on any atom is 0.191 e. The van der Waals surface area contributed by atoms with Crippen LogP contribution in [-0.2, 0) is 11.3 Å². The Kier molecular flexibility index (Phi) is 11.5. The number of nitrogens with one attached hydrogen (secondary N) is 2. The standard InChI is InChI=1S/C20H36N4O2/c1-6-24(7-2)12-8-11-22-20(21-4)23-16-18-10-9-17(3)15-19(18)26-14-13-25-5/h9-10,15H,6-8,11-14,16H2,1-5H3,(H2,21,22,23). The number of aryl methyl sites for hydroxylation is 1. The van der Waals surface area contributed by atoms with E-state index >= 15 is 0 Å². The number of guanidine groups is 1. The van der Waals surface area contributed by atoms with Crippen molar-refractivity contribution >= 4 is 5.96 Å². The van der Waals surface area contributed by atoms with Gasteiger partial charge in [0, 0.05) is 32.8 Å². The Bertz CT molecular complexity index is 531.